The van der Waals surface area contributed by atoms with Crippen LogP contribution in [0.25, 0.3) is 0 Å². The molecule has 1 aromatic heterocycles. The highest BCUT2D eigenvalue weighted by Crippen LogP contribution is 2.26. The third-order valence-electron chi connectivity index (χ3n) is 4.70. The first-order valence-corrected chi connectivity index (χ1v) is 9.22. The smallest absolute Gasteiger partial charge is 0.490 e. The van der Waals surface area contributed by atoms with Crippen molar-refractivity contribution in [1.82, 2.24) is 9.97 Å². The van der Waals surface area contributed by atoms with E-state index in [1.807, 2.05) is 18.2 Å². The Balaban J connectivity index is 0.000000396. The highest BCUT2D eigenvalue weighted by molar-refractivity contribution is 5.73. The average molecular weight is 427 g/mol. The van der Waals surface area contributed by atoms with E-state index in [-0.39, 0.29) is 6.10 Å². The summed E-state index contributed by atoms with van der Waals surface area (Å²) >= 11 is 0. The van der Waals surface area contributed by atoms with Crippen LogP contribution in [0.2, 0.25) is 0 Å². The molecule has 0 amide bonds. The van der Waals surface area contributed by atoms with Crippen LogP contribution in [0.4, 0.5) is 19.1 Å². The standard InChI is InChI=1S/C18H23N3O2.C2HF3O2/c1-22-16-6-4-14(5-7-16)12-15-13-21(11-8-17(15)23-2)18-19-9-3-10-20-18;3-2(4,5)1(6)7/h3-7,9-10,15,17H,8,11-13H2,1-2H3;(H,6,7)/t15-,17-;/m0./s1. The fourth-order valence-electron chi connectivity index (χ4n) is 3.22. The normalized spacial score (nSPS) is 18.9. The monoisotopic (exact) mass is 427 g/mol. The van der Waals surface area contributed by atoms with Crippen molar-refractivity contribution in [3.05, 3.63) is 48.3 Å². The van der Waals surface area contributed by atoms with E-state index in [4.69, 9.17) is 19.4 Å². The van der Waals surface area contributed by atoms with Crippen molar-refractivity contribution in [2.45, 2.75) is 25.1 Å². The molecular formula is C20H24F3N3O4. The number of nitrogens with zero attached hydrogens (tertiary/aromatic N) is 3. The maximum atomic E-state index is 10.6. The highest BCUT2D eigenvalue weighted by atomic mass is 19.4. The predicted octanol–water partition coefficient (Wildman–Crippen LogP) is 3.20. The lowest BCUT2D eigenvalue weighted by Crippen LogP contribution is -2.45. The Morgan fingerprint density at radius 2 is 1.80 bits per heavy atom. The quantitative estimate of drug-likeness (QED) is 0.784. The number of anilines is 1. The summed E-state index contributed by atoms with van der Waals surface area (Å²) in [7, 11) is 3.50. The summed E-state index contributed by atoms with van der Waals surface area (Å²) in [6.07, 6.45) is 0.755. The van der Waals surface area contributed by atoms with Crippen molar-refractivity contribution in [3.63, 3.8) is 0 Å². The van der Waals surface area contributed by atoms with Gasteiger partial charge in [0.05, 0.1) is 13.2 Å². The van der Waals surface area contributed by atoms with Gasteiger partial charge in [-0.05, 0) is 36.6 Å². The zero-order valence-corrected chi connectivity index (χ0v) is 16.7. The van der Waals surface area contributed by atoms with Crippen LogP contribution in [0.1, 0.15) is 12.0 Å². The Hall–Kier alpha value is -2.88. The zero-order chi connectivity index (χ0) is 22.1. The number of benzene rings is 1. The molecule has 1 N–H and O–H groups in total. The van der Waals surface area contributed by atoms with Crippen LogP contribution in [0.5, 0.6) is 5.75 Å². The molecule has 7 nitrogen and oxygen atoms in total. The van der Waals surface area contributed by atoms with Gasteiger partial charge in [0.2, 0.25) is 5.95 Å². The van der Waals surface area contributed by atoms with Crippen LogP contribution in [-0.2, 0) is 16.0 Å². The molecule has 1 aliphatic heterocycles. The molecule has 2 atom stereocenters. The molecular weight excluding hydrogens is 403 g/mol. The van der Waals surface area contributed by atoms with E-state index in [2.05, 4.69) is 27.0 Å². The van der Waals surface area contributed by atoms with Gasteiger partial charge in [0.15, 0.2) is 0 Å². The predicted molar refractivity (Wildman–Crippen MR) is 104 cm³/mol. The number of rotatable bonds is 5. The molecule has 0 aliphatic carbocycles. The van der Waals surface area contributed by atoms with Gasteiger partial charge >= 0.3 is 12.1 Å². The summed E-state index contributed by atoms with van der Waals surface area (Å²) in [5.74, 6) is -0.639. The van der Waals surface area contributed by atoms with E-state index in [0.717, 1.165) is 37.6 Å². The van der Waals surface area contributed by atoms with Crippen LogP contribution in [0.3, 0.4) is 0 Å². The number of hydrogen-bond acceptors (Lipinski definition) is 6. The molecule has 10 heteroatoms. The molecule has 3 rings (SSSR count). The third kappa shape index (κ3) is 6.87. The summed E-state index contributed by atoms with van der Waals surface area (Å²) in [4.78, 5) is 19.9. The molecule has 0 bridgehead atoms. The molecule has 0 spiro atoms. The number of aromatic nitrogens is 2. The lowest BCUT2D eigenvalue weighted by molar-refractivity contribution is -0.192. The lowest BCUT2D eigenvalue weighted by atomic mass is 9.88. The van der Waals surface area contributed by atoms with Crippen LogP contribution >= 0.6 is 0 Å². The molecule has 1 aliphatic rings. The number of alkyl halides is 3. The second kappa shape index (κ2) is 10.8. The fraction of sp³-hybridized carbons (Fsp3) is 0.450. The van der Waals surface area contributed by atoms with Gasteiger partial charge in [0.25, 0.3) is 0 Å². The molecule has 1 aromatic carbocycles. The molecule has 30 heavy (non-hydrogen) atoms. The molecule has 0 radical (unpaired) electrons. The number of carboxylic acid groups (broad SMARTS) is 1. The minimum absolute atomic E-state index is 0.275. The molecule has 0 unspecified atom stereocenters. The third-order valence-corrected chi connectivity index (χ3v) is 4.70. The van der Waals surface area contributed by atoms with Crippen LogP contribution in [0.15, 0.2) is 42.7 Å². The molecule has 1 saturated heterocycles. The maximum Gasteiger partial charge on any atom is 0.490 e. The number of carbonyl (C=O) groups is 1. The van der Waals surface area contributed by atoms with Crippen molar-refractivity contribution < 1.29 is 32.5 Å². The number of ether oxygens (including phenoxy) is 2. The Morgan fingerprint density at radius 3 is 2.30 bits per heavy atom. The Labute approximate surface area is 172 Å². The van der Waals surface area contributed by atoms with E-state index in [0.29, 0.717) is 5.92 Å². The first-order chi connectivity index (χ1) is 14.2. The van der Waals surface area contributed by atoms with Gasteiger partial charge < -0.3 is 19.5 Å². The van der Waals surface area contributed by atoms with E-state index in [1.54, 1.807) is 26.6 Å². The lowest BCUT2D eigenvalue weighted by Gasteiger charge is -2.38. The molecule has 2 heterocycles. The largest absolute Gasteiger partial charge is 0.497 e. The van der Waals surface area contributed by atoms with E-state index >= 15 is 0 Å². The van der Waals surface area contributed by atoms with Crippen molar-refractivity contribution in [2.75, 3.05) is 32.2 Å². The van der Waals surface area contributed by atoms with Gasteiger partial charge in [0.1, 0.15) is 5.75 Å². The first-order valence-electron chi connectivity index (χ1n) is 9.22. The first kappa shape index (κ1) is 23.4. The summed E-state index contributed by atoms with van der Waals surface area (Å²) in [5, 5.41) is 7.12. The van der Waals surface area contributed by atoms with Crippen molar-refractivity contribution in [3.8, 4) is 5.75 Å². The van der Waals surface area contributed by atoms with E-state index < -0.39 is 12.1 Å². The van der Waals surface area contributed by atoms with Crippen molar-refractivity contribution in [1.29, 1.82) is 0 Å². The molecule has 2 aromatic rings. The summed E-state index contributed by atoms with van der Waals surface area (Å²) in [6, 6.07) is 10.1. The van der Waals surface area contributed by atoms with Gasteiger partial charge in [-0.3, -0.25) is 0 Å². The van der Waals surface area contributed by atoms with E-state index in [9.17, 15) is 13.2 Å². The molecule has 164 valence electrons. The highest BCUT2D eigenvalue weighted by Gasteiger charge is 2.38. The van der Waals surface area contributed by atoms with Crippen LogP contribution < -0.4 is 9.64 Å². The van der Waals surface area contributed by atoms with Gasteiger partial charge in [-0.2, -0.15) is 13.2 Å². The van der Waals surface area contributed by atoms with E-state index in [1.165, 1.54) is 5.56 Å². The Bertz CT molecular complexity index is 788. The Kier molecular flexibility index (Phi) is 8.40. The number of carboxylic acids is 1. The number of piperidine rings is 1. The summed E-state index contributed by atoms with van der Waals surface area (Å²) < 4.78 is 42.7. The maximum absolute atomic E-state index is 10.6. The zero-order valence-electron chi connectivity index (χ0n) is 16.7. The second-order valence-electron chi connectivity index (χ2n) is 6.67. The topological polar surface area (TPSA) is 84.8 Å². The molecule has 0 saturated carbocycles. The summed E-state index contributed by atoms with van der Waals surface area (Å²) in [6.45, 7) is 1.84. The van der Waals surface area contributed by atoms with Crippen molar-refractivity contribution in [2.24, 2.45) is 5.92 Å². The Morgan fingerprint density at radius 1 is 1.20 bits per heavy atom. The average Bonchev–Trinajstić information content (AvgIpc) is 2.74. The number of halogens is 3. The fourth-order valence-corrected chi connectivity index (χ4v) is 3.22. The minimum atomic E-state index is -5.08. The minimum Gasteiger partial charge on any atom is -0.497 e. The number of aliphatic carboxylic acids is 1. The number of methoxy groups -OCH3 is 2. The van der Waals surface area contributed by atoms with Gasteiger partial charge in [-0.25, -0.2) is 14.8 Å². The van der Waals surface area contributed by atoms with Gasteiger partial charge in [-0.15, -0.1) is 0 Å². The summed E-state index contributed by atoms with van der Waals surface area (Å²) in [5.41, 5.74) is 1.30. The number of hydrogen-bond donors (Lipinski definition) is 1. The van der Waals surface area contributed by atoms with Crippen molar-refractivity contribution >= 4 is 11.9 Å². The second-order valence-corrected chi connectivity index (χ2v) is 6.67. The molecule has 1 fully saturated rings. The van der Waals surface area contributed by atoms with Crippen LogP contribution in [-0.4, -0.2) is 60.6 Å². The van der Waals surface area contributed by atoms with Gasteiger partial charge in [0, 0.05) is 38.5 Å². The van der Waals surface area contributed by atoms with Crippen LogP contribution in [0, 0.1) is 5.92 Å². The van der Waals surface area contributed by atoms with Gasteiger partial charge in [-0.1, -0.05) is 12.1 Å². The SMILES string of the molecule is COc1ccc(C[C@H]2CN(c3ncccn3)CC[C@@H]2OC)cc1.O=C(O)C(F)(F)F.